The van der Waals surface area contributed by atoms with Crippen LogP contribution in [0, 0.1) is 0 Å². The molecule has 0 aliphatic carbocycles. The third-order valence-electron chi connectivity index (χ3n) is 3.93. The summed E-state index contributed by atoms with van der Waals surface area (Å²) < 4.78 is 10.9. The number of rotatable bonds is 8. The Kier molecular flexibility index (Phi) is 6.56. The molecule has 0 bridgehead atoms. The highest BCUT2D eigenvalue weighted by molar-refractivity contribution is 5.74. The summed E-state index contributed by atoms with van der Waals surface area (Å²) in [6.45, 7) is 4.69. The number of amides is 2. The first-order valence-corrected chi connectivity index (χ1v) is 9.17. The quantitative estimate of drug-likeness (QED) is 0.619. The van der Waals surface area contributed by atoms with E-state index in [4.69, 9.17) is 9.26 Å². The first-order valence-electron chi connectivity index (χ1n) is 9.17. The number of benzene rings is 1. The number of hydrogen-bond donors (Lipinski definition) is 2. The highest BCUT2D eigenvalue weighted by atomic mass is 16.5. The Bertz CT molecular complexity index is 898. The Morgan fingerprint density at radius 2 is 2.04 bits per heavy atom. The molecular weight excluding hydrogens is 358 g/mol. The van der Waals surface area contributed by atoms with Crippen LogP contribution in [0.3, 0.4) is 0 Å². The number of aromatic nitrogens is 3. The van der Waals surface area contributed by atoms with Gasteiger partial charge in [0.1, 0.15) is 0 Å². The normalized spacial score (nSPS) is 11.6. The molecule has 3 aromatic rings. The molecule has 1 unspecified atom stereocenters. The molecule has 28 heavy (non-hydrogen) atoms. The van der Waals surface area contributed by atoms with Gasteiger partial charge < -0.3 is 19.9 Å². The number of carbonyl (C=O) groups excluding carboxylic acids is 1. The molecule has 2 N–H and O–H groups in total. The van der Waals surface area contributed by atoms with E-state index in [1.807, 2.05) is 43.3 Å². The van der Waals surface area contributed by atoms with Gasteiger partial charge in [-0.15, -0.1) is 0 Å². The second kappa shape index (κ2) is 9.50. The van der Waals surface area contributed by atoms with Crippen molar-refractivity contribution in [3.05, 3.63) is 60.0 Å². The van der Waals surface area contributed by atoms with Gasteiger partial charge in [0.2, 0.25) is 5.88 Å². The third-order valence-corrected chi connectivity index (χ3v) is 3.93. The highest BCUT2D eigenvalue weighted by Crippen LogP contribution is 2.19. The smallest absolute Gasteiger partial charge is 0.315 e. The lowest BCUT2D eigenvalue weighted by Crippen LogP contribution is -2.37. The van der Waals surface area contributed by atoms with Crippen LogP contribution in [0.15, 0.2) is 53.2 Å². The van der Waals surface area contributed by atoms with E-state index in [0.29, 0.717) is 30.7 Å². The molecular formula is C20H23N5O3. The van der Waals surface area contributed by atoms with Crippen molar-refractivity contribution >= 4 is 6.03 Å². The van der Waals surface area contributed by atoms with Gasteiger partial charge in [0.05, 0.1) is 12.6 Å². The summed E-state index contributed by atoms with van der Waals surface area (Å²) in [5.41, 5.74) is 1.64. The minimum atomic E-state index is -0.411. The lowest BCUT2D eigenvalue weighted by atomic mass is 10.2. The molecule has 3 rings (SSSR count). The van der Waals surface area contributed by atoms with Gasteiger partial charge in [0.15, 0.2) is 5.82 Å². The fraction of sp³-hybridized carbons (Fsp3) is 0.300. The molecule has 1 atom stereocenters. The molecule has 0 aliphatic rings. The molecule has 0 saturated carbocycles. The number of urea groups is 1. The van der Waals surface area contributed by atoms with Crippen molar-refractivity contribution < 1.29 is 14.1 Å². The van der Waals surface area contributed by atoms with Crippen LogP contribution in [0.5, 0.6) is 5.88 Å². The molecule has 0 spiro atoms. The molecule has 0 saturated heterocycles. The van der Waals surface area contributed by atoms with Gasteiger partial charge in [-0.1, -0.05) is 36.3 Å². The molecule has 8 nitrogen and oxygen atoms in total. The van der Waals surface area contributed by atoms with E-state index in [-0.39, 0.29) is 6.03 Å². The van der Waals surface area contributed by atoms with Gasteiger partial charge in [0.25, 0.3) is 5.89 Å². The Morgan fingerprint density at radius 1 is 1.21 bits per heavy atom. The van der Waals surface area contributed by atoms with Crippen molar-refractivity contribution in [1.82, 2.24) is 25.8 Å². The van der Waals surface area contributed by atoms with Crippen LogP contribution in [0.25, 0.3) is 11.5 Å². The molecule has 0 radical (unpaired) electrons. The molecule has 0 fully saturated rings. The summed E-state index contributed by atoms with van der Waals surface area (Å²) in [5.74, 6) is 1.35. The molecule has 2 heterocycles. The molecule has 2 aromatic heterocycles. The first-order chi connectivity index (χ1) is 13.7. The van der Waals surface area contributed by atoms with Gasteiger partial charge >= 0.3 is 6.03 Å². The predicted molar refractivity (Wildman–Crippen MR) is 104 cm³/mol. The maximum absolute atomic E-state index is 12.2. The van der Waals surface area contributed by atoms with Crippen LogP contribution >= 0.6 is 0 Å². The van der Waals surface area contributed by atoms with Crippen molar-refractivity contribution in [3.8, 4) is 17.3 Å². The molecule has 8 heteroatoms. The van der Waals surface area contributed by atoms with Crippen molar-refractivity contribution in [3.63, 3.8) is 0 Å². The van der Waals surface area contributed by atoms with E-state index < -0.39 is 6.04 Å². The number of carbonyl (C=O) groups is 1. The fourth-order valence-electron chi connectivity index (χ4n) is 2.48. The summed E-state index contributed by atoms with van der Waals surface area (Å²) in [6.07, 6.45) is 2.55. The van der Waals surface area contributed by atoms with Crippen molar-refractivity contribution in [1.29, 1.82) is 0 Å². The van der Waals surface area contributed by atoms with E-state index in [9.17, 15) is 4.79 Å². The number of ether oxygens (including phenoxy) is 1. The summed E-state index contributed by atoms with van der Waals surface area (Å²) in [7, 11) is 0. The first kappa shape index (κ1) is 19.3. The lowest BCUT2D eigenvalue weighted by Gasteiger charge is -2.13. The molecule has 0 aliphatic heterocycles. The Balaban J connectivity index is 1.55. The minimum Gasteiger partial charge on any atom is -0.477 e. The number of nitrogens with zero attached hydrogens (tertiary/aromatic N) is 3. The van der Waals surface area contributed by atoms with Crippen LogP contribution in [-0.4, -0.2) is 27.8 Å². The van der Waals surface area contributed by atoms with Crippen LogP contribution in [0.1, 0.15) is 37.7 Å². The van der Waals surface area contributed by atoms with Crippen LogP contribution < -0.4 is 15.4 Å². The Morgan fingerprint density at radius 3 is 2.82 bits per heavy atom. The van der Waals surface area contributed by atoms with E-state index >= 15 is 0 Å². The topological polar surface area (TPSA) is 102 Å². The van der Waals surface area contributed by atoms with Gasteiger partial charge in [0, 0.05) is 23.9 Å². The molecule has 146 valence electrons. The van der Waals surface area contributed by atoms with Crippen LogP contribution in [0.4, 0.5) is 4.79 Å². The fourth-order valence-corrected chi connectivity index (χ4v) is 2.48. The van der Waals surface area contributed by atoms with Crippen LogP contribution in [-0.2, 0) is 6.54 Å². The maximum atomic E-state index is 12.2. The van der Waals surface area contributed by atoms with Crippen LogP contribution in [0.2, 0.25) is 0 Å². The summed E-state index contributed by atoms with van der Waals surface area (Å²) in [4.78, 5) is 20.8. The Labute approximate surface area is 163 Å². The second-order valence-corrected chi connectivity index (χ2v) is 6.19. The maximum Gasteiger partial charge on any atom is 0.315 e. The van der Waals surface area contributed by atoms with Crippen molar-refractivity contribution in [2.45, 2.75) is 32.9 Å². The van der Waals surface area contributed by atoms with E-state index in [2.05, 4.69) is 25.8 Å². The van der Waals surface area contributed by atoms with E-state index in [1.54, 1.807) is 19.2 Å². The zero-order valence-corrected chi connectivity index (χ0v) is 15.9. The summed E-state index contributed by atoms with van der Waals surface area (Å²) in [5, 5.41) is 9.55. The van der Waals surface area contributed by atoms with Crippen molar-refractivity contribution in [2.75, 3.05) is 6.61 Å². The monoisotopic (exact) mass is 381 g/mol. The van der Waals surface area contributed by atoms with Gasteiger partial charge in [-0.05, 0) is 31.5 Å². The average molecular weight is 381 g/mol. The number of hydrogen-bond acceptors (Lipinski definition) is 6. The van der Waals surface area contributed by atoms with E-state index in [0.717, 1.165) is 17.5 Å². The SMILES string of the molecule is CCCOc1ncccc1CNC(=O)NC(C)c1noc(-c2ccccc2)n1. The Hall–Kier alpha value is -3.42. The number of pyridine rings is 1. The summed E-state index contributed by atoms with van der Waals surface area (Å²) in [6, 6.07) is 12.4. The molecule has 1 aromatic carbocycles. The lowest BCUT2D eigenvalue weighted by molar-refractivity contribution is 0.236. The van der Waals surface area contributed by atoms with Crippen molar-refractivity contribution in [2.24, 2.45) is 0 Å². The predicted octanol–water partition coefficient (Wildman–Crippen LogP) is 3.48. The summed E-state index contributed by atoms with van der Waals surface area (Å²) >= 11 is 0. The van der Waals surface area contributed by atoms with Gasteiger partial charge in [-0.25, -0.2) is 9.78 Å². The zero-order valence-electron chi connectivity index (χ0n) is 15.9. The number of nitrogens with one attached hydrogen (secondary N) is 2. The minimum absolute atomic E-state index is 0.299. The van der Waals surface area contributed by atoms with Gasteiger partial charge in [-0.2, -0.15) is 4.98 Å². The third kappa shape index (κ3) is 5.06. The second-order valence-electron chi connectivity index (χ2n) is 6.19. The van der Waals surface area contributed by atoms with E-state index in [1.165, 1.54) is 0 Å². The zero-order chi connectivity index (χ0) is 19.8. The average Bonchev–Trinajstić information content (AvgIpc) is 3.22. The van der Waals surface area contributed by atoms with Gasteiger partial charge in [-0.3, -0.25) is 0 Å². The standard InChI is InChI=1S/C20H23N5O3/c1-3-12-27-18-16(10-7-11-21-18)13-22-20(26)23-14(2)17-24-19(28-25-17)15-8-5-4-6-9-15/h4-11,14H,3,12-13H2,1-2H3,(H2,22,23,26). The largest absolute Gasteiger partial charge is 0.477 e. The highest BCUT2D eigenvalue weighted by Gasteiger charge is 2.17. The molecule has 2 amide bonds.